The third kappa shape index (κ3) is 4.29. The number of aryl methyl sites for hydroxylation is 1. The number of methoxy groups -OCH3 is 1. The molecule has 1 aromatic carbocycles. The predicted molar refractivity (Wildman–Crippen MR) is 82.1 cm³/mol. The summed E-state index contributed by atoms with van der Waals surface area (Å²) < 4.78 is 25.3. The molecule has 0 spiro atoms. The van der Waals surface area contributed by atoms with Crippen LogP contribution >= 0.6 is 0 Å². The van der Waals surface area contributed by atoms with E-state index in [0.29, 0.717) is 18.0 Å². The highest BCUT2D eigenvalue weighted by atomic mass is 19.1. The zero-order chi connectivity index (χ0) is 16.7. The normalized spacial score (nSPS) is 10.7. The fraction of sp³-hybridized carbons (Fsp3) is 0.267. The van der Waals surface area contributed by atoms with E-state index in [9.17, 15) is 9.18 Å². The van der Waals surface area contributed by atoms with Crippen LogP contribution < -0.4 is 14.9 Å². The summed E-state index contributed by atoms with van der Waals surface area (Å²) in [5.74, 6) is -0.00605. The number of benzene rings is 1. The van der Waals surface area contributed by atoms with Gasteiger partial charge in [-0.05, 0) is 19.1 Å². The third-order valence-corrected chi connectivity index (χ3v) is 2.92. The van der Waals surface area contributed by atoms with Crippen molar-refractivity contribution in [1.29, 1.82) is 0 Å². The number of halogens is 1. The van der Waals surface area contributed by atoms with E-state index in [4.69, 9.17) is 9.47 Å². The Balaban J connectivity index is 1.85. The first-order chi connectivity index (χ1) is 11.2. The van der Waals surface area contributed by atoms with E-state index < -0.39 is 11.9 Å². The van der Waals surface area contributed by atoms with Crippen molar-refractivity contribution in [3.8, 4) is 11.5 Å². The summed E-state index contributed by atoms with van der Waals surface area (Å²) in [6.45, 7) is 1.95. The zero-order valence-electron chi connectivity index (χ0n) is 12.8. The summed E-state index contributed by atoms with van der Waals surface area (Å²) in [7, 11) is 1.51. The predicted octanol–water partition coefficient (Wildman–Crippen LogP) is 1.58. The Kier molecular flexibility index (Phi) is 5.67. The van der Waals surface area contributed by atoms with Crippen LogP contribution in [0.25, 0.3) is 0 Å². The molecule has 1 amide bonds. The molecule has 0 saturated carbocycles. The molecule has 122 valence electrons. The minimum atomic E-state index is -0.504. The number of hydrogen-bond acceptors (Lipinski definition) is 5. The Morgan fingerprint density at radius 2 is 2.17 bits per heavy atom. The molecule has 2 rings (SSSR count). The molecule has 1 N–H and O–H groups in total. The summed E-state index contributed by atoms with van der Waals surface area (Å²) in [6, 6.07) is 6.96. The molecule has 7 nitrogen and oxygen atoms in total. The molecule has 0 fully saturated rings. The number of carbonyl (C=O) groups excluding carboxylic acids is 1. The van der Waals surface area contributed by atoms with E-state index in [-0.39, 0.29) is 12.2 Å². The Morgan fingerprint density at radius 3 is 2.83 bits per heavy atom. The van der Waals surface area contributed by atoms with Gasteiger partial charge in [0.1, 0.15) is 0 Å². The number of nitrogens with zero attached hydrogens (tertiary/aromatic N) is 3. The monoisotopic (exact) mass is 320 g/mol. The Morgan fingerprint density at radius 1 is 1.43 bits per heavy atom. The molecular weight excluding hydrogens is 303 g/mol. The molecular formula is C15H17FN4O3. The van der Waals surface area contributed by atoms with Crippen LogP contribution in [0, 0.1) is 5.95 Å². The number of hydrogen-bond donors (Lipinski definition) is 1. The van der Waals surface area contributed by atoms with Crippen LogP contribution in [0.3, 0.4) is 0 Å². The number of ether oxygens (including phenoxy) is 2. The quantitative estimate of drug-likeness (QED) is 0.620. The largest absolute Gasteiger partial charge is 0.493 e. The first-order valence-electron chi connectivity index (χ1n) is 6.94. The van der Waals surface area contributed by atoms with E-state index >= 15 is 0 Å². The average Bonchev–Trinajstić information content (AvgIpc) is 2.93. The first-order valence-corrected chi connectivity index (χ1v) is 6.94. The van der Waals surface area contributed by atoms with Crippen molar-refractivity contribution in [2.24, 2.45) is 5.10 Å². The van der Waals surface area contributed by atoms with E-state index in [2.05, 4.69) is 15.6 Å². The van der Waals surface area contributed by atoms with Crippen LogP contribution in [0.4, 0.5) is 4.39 Å². The van der Waals surface area contributed by atoms with Gasteiger partial charge in [0.15, 0.2) is 18.1 Å². The maximum Gasteiger partial charge on any atom is 0.277 e. The van der Waals surface area contributed by atoms with Gasteiger partial charge >= 0.3 is 0 Å². The van der Waals surface area contributed by atoms with E-state index in [0.717, 1.165) is 0 Å². The number of aromatic nitrogens is 2. The minimum Gasteiger partial charge on any atom is -0.493 e. The van der Waals surface area contributed by atoms with E-state index in [1.54, 1.807) is 31.2 Å². The maximum absolute atomic E-state index is 13.7. The van der Waals surface area contributed by atoms with Crippen LogP contribution in [-0.2, 0) is 11.3 Å². The summed E-state index contributed by atoms with van der Waals surface area (Å²) in [6.07, 6.45) is 2.52. The summed E-state index contributed by atoms with van der Waals surface area (Å²) in [4.78, 5) is 11.6. The fourth-order valence-corrected chi connectivity index (χ4v) is 1.78. The van der Waals surface area contributed by atoms with Gasteiger partial charge < -0.3 is 9.47 Å². The number of rotatable bonds is 7. The van der Waals surface area contributed by atoms with Crippen LogP contribution in [0.5, 0.6) is 11.5 Å². The zero-order valence-corrected chi connectivity index (χ0v) is 12.8. The van der Waals surface area contributed by atoms with Gasteiger partial charge in [-0.1, -0.05) is 12.1 Å². The molecule has 1 heterocycles. The van der Waals surface area contributed by atoms with Crippen molar-refractivity contribution in [3.05, 3.63) is 42.0 Å². The molecule has 2 aromatic rings. The lowest BCUT2D eigenvalue weighted by atomic mass is 10.3. The Labute approximate surface area is 132 Å². The van der Waals surface area contributed by atoms with Crippen molar-refractivity contribution in [2.45, 2.75) is 13.5 Å². The van der Waals surface area contributed by atoms with Crippen molar-refractivity contribution < 1.29 is 18.7 Å². The first kappa shape index (κ1) is 16.5. The van der Waals surface area contributed by atoms with Crippen LogP contribution in [0.2, 0.25) is 0 Å². The Hall–Kier alpha value is -2.90. The SMILES string of the molecule is CCn1ncc(/C=N\NC(=O)COc2ccccc2OC)c1F. The van der Waals surface area contributed by atoms with Gasteiger partial charge in [0, 0.05) is 6.54 Å². The number of nitrogens with one attached hydrogen (secondary N) is 1. The highest BCUT2D eigenvalue weighted by molar-refractivity contribution is 5.82. The van der Waals surface area contributed by atoms with Crippen molar-refractivity contribution >= 4 is 12.1 Å². The summed E-state index contributed by atoms with van der Waals surface area (Å²) in [5.41, 5.74) is 2.45. The fourth-order valence-electron chi connectivity index (χ4n) is 1.78. The van der Waals surface area contributed by atoms with Gasteiger partial charge in [-0.3, -0.25) is 4.79 Å². The lowest BCUT2D eigenvalue weighted by Crippen LogP contribution is -2.24. The maximum atomic E-state index is 13.7. The molecule has 0 atom stereocenters. The molecule has 0 radical (unpaired) electrons. The Bertz CT molecular complexity index is 700. The number of para-hydroxylation sites is 2. The molecule has 23 heavy (non-hydrogen) atoms. The second kappa shape index (κ2) is 7.92. The highest BCUT2D eigenvalue weighted by Gasteiger charge is 2.08. The second-order valence-corrected chi connectivity index (χ2v) is 4.44. The third-order valence-electron chi connectivity index (χ3n) is 2.92. The van der Waals surface area contributed by atoms with Crippen molar-refractivity contribution in [1.82, 2.24) is 15.2 Å². The molecule has 0 unspecified atom stereocenters. The van der Waals surface area contributed by atoms with E-state index in [1.165, 1.54) is 24.2 Å². The molecule has 0 saturated heterocycles. The van der Waals surface area contributed by atoms with Gasteiger partial charge in [0.25, 0.3) is 5.91 Å². The summed E-state index contributed by atoms with van der Waals surface area (Å²) in [5, 5.41) is 7.50. The van der Waals surface area contributed by atoms with Crippen molar-refractivity contribution in [3.63, 3.8) is 0 Å². The standard InChI is InChI=1S/C15H17FN4O3/c1-3-20-15(16)11(9-18-20)8-17-19-14(21)10-23-13-7-5-4-6-12(13)22-2/h4-9H,3,10H2,1-2H3,(H,19,21)/b17-8-. The van der Waals surface area contributed by atoms with Gasteiger partial charge in [0.2, 0.25) is 5.95 Å². The van der Waals surface area contributed by atoms with Gasteiger partial charge in [-0.2, -0.15) is 14.6 Å². The molecule has 0 bridgehead atoms. The van der Waals surface area contributed by atoms with Crippen LogP contribution in [-0.4, -0.2) is 35.6 Å². The minimum absolute atomic E-state index is 0.192. The molecule has 0 aliphatic heterocycles. The lowest BCUT2D eigenvalue weighted by molar-refractivity contribution is -0.123. The molecule has 1 aromatic heterocycles. The van der Waals surface area contributed by atoms with E-state index in [1.807, 2.05) is 0 Å². The number of carbonyl (C=O) groups is 1. The molecule has 8 heteroatoms. The number of amides is 1. The topological polar surface area (TPSA) is 77.7 Å². The molecule has 0 aliphatic rings. The lowest BCUT2D eigenvalue weighted by Gasteiger charge is -2.09. The number of hydrazone groups is 1. The smallest absolute Gasteiger partial charge is 0.277 e. The second-order valence-electron chi connectivity index (χ2n) is 4.44. The van der Waals surface area contributed by atoms with Gasteiger partial charge in [0.05, 0.1) is 25.1 Å². The summed E-state index contributed by atoms with van der Waals surface area (Å²) >= 11 is 0. The molecule has 0 aliphatic carbocycles. The van der Waals surface area contributed by atoms with Gasteiger partial charge in [-0.25, -0.2) is 10.1 Å². The van der Waals surface area contributed by atoms with Crippen molar-refractivity contribution in [2.75, 3.05) is 13.7 Å². The van der Waals surface area contributed by atoms with Crippen LogP contribution in [0.15, 0.2) is 35.6 Å². The average molecular weight is 320 g/mol. The van der Waals surface area contributed by atoms with Crippen LogP contribution in [0.1, 0.15) is 12.5 Å². The van der Waals surface area contributed by atoms with Gasteiger partial charge in [-0.15, -0.1) is 0 Å². The highest BCUT2D eigenvalue weighted by Crippen LogP contribution is 2.25.